The molecule has 2 unspecified atom stereocenters. The van der Waals surface area contributed by atoms with E-state index >= 15 is 0 Å². The van der Waals surface area contributed by atoms with Crippen LogP contribution in [0.1, 0.15) is 63.1 Å². The van der Waals surface area contributed by atoms with E-state index in [0.29, 0.717) is 5.03 Å². The van der Waals surface area contributed by atoms with Crippen LogP contribution in [0.2, 0.25) is 0 Å². The van der Waals surface area contributed by atoms with Crippen molar-refractivity contribution >= 4 is 61.5 Å². The van der Waals surface area contributed by atoms with Crippen molar-refractivity contribution in [1.29, 1.82) is 0 Å². The number of hydrogen-bond acceptors (Lipinski definition) is 4. The first-order valence-electron chi connectivity index (χ1n) is 10.8. The molecule has 2 aromatic rings. The molecule has 1 aliphatic carbocycles. The molecule has 1 aliphatic heterocycles. The monoisotopic (exact) mass is 564 g/mol. The Morgan fingerprint density at radius 1 is 1.15 bits per heavy atom. The standard InChI is InChI=1S/C25H27BrCl2N4S/c1-14(2)21-20(23-30-31-24(33-23)25(3,4)5)29-22(18-12-8-16(27)9-13-19(18)28)32(21)17-10-6-15(26)7-11-17/h6-14,19,23,30H,1-5H3. The third-order valence-electron chi connectivity index (χ3n) is 5.38. The van der Waals surface area contributed by atoms with Gasteiger partial charge in [0.15, 0.2) is 0 Å². The first kappa shape index (κ1) is 24.6. The molecule has 0 saturated heterocycles. The Bertz CT molecular complexity index is 1170. The number of alkyl halides is 1. The zero-order chi connectivity index (χ0) is 23.9. The first-order valence-corrected chi connectivity index (χ1v) is 13.3. The van der Waals surface area contributed by atoms with Gasteiger partial charge in [-0.2, -0.15) is 5.10 Å². The topological polar surface area (TPSA) is 42.2 Å². The summed E-state index contributed by atoms with van der Waals surface area (Å²) in [5.41, 5.74) is 7.34. The number of aromatic nitrogens is 2. The molecule has 0 fully saturated rings. The van der Waals surface area contributed by atoms with Crippen LogP contribution in [0.3, 0.4) is 0 Å². The van der Waals surface area contributed by atoms with Crippen molar-refractivity contribution in [1.82, 2.24) is 15.0 Å². The van der Waals surface area contributed by atoms with Gasteiger partial charge in [-0.05, 0) is 42.3 Å². The lowest BCUT2D eigenvalue weighted by Crippen LogP contribution is -2.15. The number of allylic oxidation sites excluding steroid dienone is 6. The van der Waals surface area contributed by atoms with Crippen LogP contribution in [0.15, 0.2) is 63.2 Å². The van der Waals surface area contributed by atoms with Gasteiger partial charge in [-0.3, -0.25) is 9.99 Å². The highest BCUT2D eigenvalue weighted by Crippen LogP contribution is 2.43. The van der Waals surface area contributed by atoms with Crippen molar-refractivity contribution in [3.63, 3.8) is 0 Å². The molecule has 2 aliphatic rings. The molecule has 4 rings (SSSR count). The molecule has 1 aromatic heterocycles. The van der Waals surface area contributed by atoms with Crippen molar-refractivity contribution in [3.05, 3.63) is 75.3 Å². The van der Waals surface area contributed by atoms with Gasteiger partial charge in [0, 0.05) is 26.2 Å². The second kappa shape index (κ2) is 9.65. The Morgan fingerprint density at radius 3 is 2.45 bits per heavy atom. The number of nitrogens with one attached hydrogen (secondary N) is 1. The van der Waals surface area contributed by atoms with Gasteiger partial charge >= 0.3 is 0 Å². The molecule has 1 N–H and O–H groups in total. The van der Waals surface area contributed by atoms with Crippen LogP contribution >= 0.6 is 50.9 Å². The average molecular weight is 566 g/mol. The van der Waals surface area contributed by atoms with Gasteiger partial charge in [0.1, 0.15) is 16.2 Å². The molecular weight excluding hydrogens is 539 g/mol. The molecule has 33 heavy (non-hydrogen) atoms. The van der Waals surface area contributed by atoms with Crippen LogP contribution in [-0.4, -0.2) is 20.0 Å². The van der Waals surface area contributed by atoms with Crippen LogP contribution in [0.4, 0.5) is 0 Å². The van der Waals surface area contributed by atoms with Crippen molar-refractivity contribution in [2.75, 3.05) is 0 Å². The quantitative estimate of drug-likeness (QED) is 0.380. The molecule has 4 nitrogen and oxygen atoms in total. The average Bonchev–Trinajstić information content (AvgIpc) is 3.34. The maximum atomic E-state index is 6.80. The summed E-state index contributed by atoms with van der Waals surface area (Å²) in [5.74, 6) is 1.04. The highest BCUT2D eigenvalue weighted by atomic mass is 79.9. The van der Waals surface area contributed by atoms with Gasteiger partial charge < -0.3 is 0 Å². The molecule has 0 amide bonds. The fourth-order valence-corrected chi connectivity index (χ4v) is 5.50. The highest BCUT2D eigenvalue weighted by Gasteiger charge is 2.35. The number of thioether (sulfide) groups is 1. The minimum Gasteiger partial charge on any atom is -0.296 e. The Kier molecular flexibility index (Phi) is 7.21. The molecule has 0 saturated carbocycles. The second-order valence-corrected chi connectivity index (χ2v) is 12.3. The predicted octanol–water partition coefficient (Wildman–Crippen LogP) is 8.14. The number of halogens is 3. The summed E-state index contributed by atoms with van der Waals surface area (Å²) >= 11 is 18.4. The maximum Gasteiger partial charge on any atom is 0.142 e. The lowest BCUT2D eigenvalue weighted by atomic mass is 9.99. The van der Waals surface area contributed by atoms with Crippen molar-refractivity contribution in [3.8, 4) is 5.69 Å². The molecule has 2 atom stereocenters. The fraction of sp³-hybridized carbons (Fsp3) is 0.360. The van der Waals surface area contributed by atoms with E-state index in [1.54, 1.807) is 11.8 Å². The van der Waals surface area contributed by atoms with E-state index in [0.717, 1.165) is 38.0 Å². The van der Waals surface area contributed by atoms with Gasteiger partial charge in [0.05, 0.1) is 16.8 Å². The second-order valence-electron chi connectivity index (χ2n) is 9.40. The van der Waals surface area contributed by atoms with Crippen molar-refractivity contribution in [2.45, 2.75) is 51.3 Å². The van der Waals surface area contributed by atoms with E-state index < -0.39 is 0 Å². The molecule has 174 valence electrons. The molecule has 8 heteroatoms. The molecular formula is C25H27BrCl2N4S. The number of hydrazone groups is 1. The SMILES string of the molecule is CC(C)c1c(C2NN=C(C(C)(C)C)S2)nc(C2=CC=C(Cl)C=CC2Cl)n1-c1ccc(Br)cc1. The van der Waals surface area contributed by atoms with E-state index in [9.17, 15) is 0 Å². The van der Waals surface area contributed by atoms with E-state index in [1.165, 1.54) is 0 Å². The lowest BCUT2D eigenvalue weighted by molar-refractivity contribution is 0.594. The Labute approximate surface area is 218 Å². The molecule has 1 aromatic carbocycles. The maximum absolute atomic E-state index is 6.80. The molecule has 2 heterocycles. The Morgan fingerprint density at radius 2 is 1.85 bits per heavy atom. The van der Waals surface area contributed by atoms with Crippen LogP contribution in [0, 0.1) is 5.41 Å². The van der Waals surface area contributed by atoms with E-state index in [2.05, 4.69) is 77.8 Å². The first-order chi connectivity index (χ1) is 15.6. The van der Waals surface area contributed by atoms with Crippen LogP contribution in [0.5, 0.6) is 0 Å². The number of rotatable bonds is 4. The highest BCUT2D eigenvalue weighted by molar-refractivity contribution is 9.10. The molecule has 0 radical (unpaired) electrons. The predicted molar refractivity (Wildman–Crippen MR) is 146 cm³/mol. The lowest BCUT2D eigenvalue weighted by Gasteiger charge is -2.19. The van der Waals surface area contributed by atoms with Gasteiger partial charge in [0.25, 0.3) is 0 Å². The summed E-state index contributed by atoms with van der Waals surface area (Å²) in [6, 6.07) is 8.28. The summed E-state index contributed by atoms with van der Waals surface area (Å²) in [6.07, 6.45) is 7.57. The van der Waals surface area contributed by atoms with Gasteiger partial charge in [0.2, 0.25) is 0 Å². The normalized spacial score (nSPS) is 20.9. The van der Waals surface area contributed by atoms with Gasteiger partial charge in [-0.15, -0.1) is 11.6 Å². The zero-order valence-electron chi connectivity index (χ0n) is 19.2. The zero-order valence-corrected chi connectivity index (χ0v) is 23.1. The van der Waals surface area contributed by atoms with E-state index in [4.69, 9.17) is 28.2 Å². The van der Waals surface area contributed by atoms with Crippen LogP contribution in [0.25, 0.3) is 11.3 Å². The van der Waals surface area contributed by atoms with E-state index in [1.807, 2.05) is 36.4 Å². The van der Waals surface area contributed by atoms with Gasteiger partial charge in [-0.1, -0.05) is 86.1 Å². The number of benzene rings is 1. The smallest absolute Gasteiger partial charge is 0.142 e. The Balaban J connectivity index is 1.92. The van der Waals surface area contributed by atoms with Crippen molar-refractivity contribution < 1.29 is 0 Å². The molecule has 0 spiro atoms. The summed E-state index contributed by atoms with van der Waals surface area (Å²) in [7, 11) is 0. The number of nitrogens with zero attached hydrogens (tertiary/aromatic N) is 3. The summed E-state index contributed by atoms with van der Waals surface area (Å²) in [6.45, 7) is 10.9. The van der Waals surface area contributed by atoms with E-state index in [-0.39, 0.29) is 22.1 Å². The summed E-state index contributed by atoms with van der Waals surface area (Å²) in [5, 5.41) is 5.92. The van der Waals surface area contributed by atoms with Gasteiger partial charge in [-0.25, -0.2) is 4.98 Å². The third-order valence-corrected chi connectivity index (χ3v) is 8.03. The number of hydrogen-bond donors (Lipinski definition) is 1. The van der Waals surface area contributed by atoms with Crippen molar-refractivity contribution in [2.24, 2.45) is 10.5 Å². The minimum absolute atomic E-state index is 0.0289. The molecule has 0 bridgehead atoms. The Hall–Kier alpha value is -1.47. The third kappa shape index (κ3) is 5.14. The number of imidazole rings is 1. The summed E-state index contributed by atoms with van der Waals surface area (Å²) < 4.78 is 3.25. The van der Waals surface area contributed by atoms with Crippen LogP contribution < -0.4 is 5.43 Å². The largest absolute Gasteiger partial charge is 0.296 e. The summed E-state index contributed by atoms with van der Waals surface area (Å²) in [4.78, 5) is 5.21. The minimum atomic E-state index is -0.354. The van der Waals surface area contributed by atoms with Crippen LogP contribution in [-0.2, 0) is 0 Å². The fourth-order valence-electron chi connectivity index (χ4n) is 3.78.